The number of hydrogen-bond donors (Lipinski definition) is 1. The smallest absolute Gasteiger partial charge is 0.339 e. The molecule has 0 aromatic heterocycles. The second-order valence-corrected chi connectivity index (χ2v) is 8.96. The van der Waals surface area contributed by atoms with Gasteiger partial charge in [0, 0.05) is 10.6 Å². The molecule has 0 aliphatic heterocycles. The van der Waals surface area contributed by atoms with Crippen molar-refractivity contribution in [3.8, 4) is 17.2 Å². The first kappa shape index (κ1) is 25.1. The summed E-state index contributed by atoms with van der Waals surface area (Å²) in [6, 6.07) is 16.7. The minimum Gasteiger partial charge on any atom is -0.493 e. The lowest BCUT2D eigenvalue weighted by Crippen LogP contribution is -2.17. The Hall–Kier alpha value is -3.56. The molecule has 8 nitrogen and oxygen atoms in total. The Kier molecular flexibility index (Phi) is 8.50. The first-order chi connectivity index (χ1) is 16.3. The molecule has 178 valence electrons. The number of benzene rings is 3. The number of nitrogens with one attached hydrogen (secondary N) is 1. The van der Waals surface area contributed by atoms with Crippen molar-refractivity contribution in [3.05, 3.63) is 82.9 Å². The maximum Gasteiger partial charge on any atom is 0.339 e. The van der Waals surface area contributed by atoms with Crippen LogP contribution in [-0.2, 0) is 10.1 Å². The molecule has 10 heteroatoms. The van der Waals surface area contributed by atoms with Crippen LogP contribution in [-0.4, -0.2) is 34.3 Å². The van der Waals surface area contributed by atoms with Crippen LogP contribution in [0.1, 0.15) is 29.3 Å². The molecule has 0 aliphatic carbocycles. The third-order valence-electron chi connectivity index (χ3n) is 4.46. The number of amides is 1. The van der Waals surface area contributed by atoms with E-state index in [4.69, 9.17) is 25.3 Å². The standard InChI is InChI=1S/C24H23ClN2O6S/c1-3-14-32-22-13-6-18(15-23(22)31-2)24(28)27-26-16-17-4-9-20(10-5-17)33-34(29,30)21-11-7-19(25)8-12-21/h4-13,15-16H,3,14H2,1-2H3,(H,27,28)/b26-16+. The first-order valence-corrected chi connectivity index (χ1v) is 12.1. The van der Waals surface area contributed by atoms with Crippen molar-refractivity contribution >= 4 is 33.8 Å². The van der Waals surface area contributed by atoms with Gasteiger partial charge in [-0.05, 0) is 78.7 Å². The van der Waals surface area contributed by atoms with Crippen LogP contribution in [0.2, 0.25) is 5.02 Å². The van der Waals surface area contributed by atoms with E-state index in [0.29, 0.717) is 34.3 Å². The molecule has 0 aliphatic rings. The Balaban J connectivity index is 1.60. The highest BCUT2D eigenvalue weighted by Crippen LogP contribution is 2.28. The van der Waals surface area contributed by atoms with Crippen LogP contribution in [0.5, 0.6) is 17.2 Å². The summed E-state index contributed by atoms with van der Waals surface area (Å²) in [6.07, 6.45) is 2.27. The van der Waals surface area contributed by atoms with E-state index in [1.165, 1.54) is 49.7 Å². The van der Waals surface area contributed by atoms with Crippen LogP contribution in [0.25, 0.3) is 0 Å². The Labute approximate surface area is 203 Å². The van der Waals surface area contributed by atoms with Gasteiger partial charge in [-0.1, -0.05) is 18.5 Å². The van der Waals surface area contributed by atoms with Crippen LogP contribution < -0.4 is 19.1 Å². The van der Waals surface area contributed by atoms with Gasteiger partial charge in [0.1, 0.15) is 10.6 Å². The van der Waals surface area contributed by atoms with E-state index < -0.39 is 16.0 Å². The van der Waals surface area contributed by atoms with Gasteiger partial charge in [-0.25, -0.2) is 5.43 Å². The van der Waals surface area contributed by atoms with Gasteiger partial charge in [0.25, 0.3) is 5.91 Å². The van der Waals surface area contributed by atoms with Crippen molar-refractivity contribution in [2.45, 2.75) is 18.2 Å². The Bertz CT molecular complexity index is 1260. The van der Waals surface area contributed by atoms with Crippen molar-refractivity contribution in [1.82, 2.24) is 5.43 Å². The zero-order valence-corrected chi connectivity index (χ0v) is 20.1. The molecule has 0 unspecified atom stereocenters. The van der Waals surface area contributed by atoms with Gasteiger partial charge in [-0.15, -0.1) is 0 Å². The van der Waals surface area contributed by atoms with Crippen LogP contribution in [0.4, 0.5) is 0 Å². The highest BCUT2D eigenvalue weighted by atomic mass is 35.5. The second-order valence-electron chi connectivity index (χ2n) is 6.97. The maximum absolute atomic E-state index is 12.4. The van der Waals surface area contributed by atoms with Crippen molar-refractivity contribution in [2.24, 2.45) is 5.10 Å². The van der Waals surface area contributed by atoms with Crippen molar-refractivity contribution in [3.63, 3.8) is 0 Å². The summed E-state index contributed by atoms with van der Waals surface area (Å²) in [5.74, 6) is 0.721. The molecule has 0 saturated carbocycles. The van der Waals surface area contributed by atoms with Crippen molar-refractivity contribution in [1.29, 1.82) is 0 Å². The second kappa shape index (κ2) is 11.5. The van der Waals surface area contributed by atoms with E-state index in [1.807, 2.05) is 6.92 Å². The summed E-state index contributed by atoms with van der Waals surface area (Å²) in [5.41, 5.74) is 3.41. The lowest BCUT2D eigenvalue weighted by atomic mass is 10.2. The fraction of sp³-hybridized carbons (Fsp3) is 0.167. The number of carbonyl (C=O) groups excluding carboxylic acids is 1. The Morgan fingerprint density at radius 1 is 1.03 bits per heavy atom. The fourth-order valence-electron chi connectivity index (χ4n) is 2.76. The minimum absolute atomic E-state index is 0.00755. The maximum atomic E-state index is 12.4. The lowest BCUT2D eigenvalue weighted by molar-refractivity contribution is 0.0954. The van der Waals surface area contributed by atoms with Crippen molar-refractivity contribution in [2.75, 3.05) is 13.7 Å². The highest BCUT2D eigenvalue weighted by Gasteiger charge is 2.16. The van der Waals surface area contributed by atoms with Gasteiger partial charge >= 0.3 is 10.1 Å². The van der Waals surface area contributed by atoms with E-state index in [-0.39, 0.29) is 10.6 Å². The number of nitrogens with zero attached hydrogens (tertiary/aromatic N) is 1. The first-order valence-electron chi connectivity index (χ1n) is 10.3. The van der Waals surface area contributed by atoms with E-state index in [0.717, 1.165) is 6.42 Å². The number of carbonyl (C=O) groups is 1. The summed E-state index contributed by atoms with van der Waals surface area (Å²) in [5, 5.41) is 4.36. The SMILES string of the molecule is CCCOc1ccc(C(=O)N/N=C/c2ccc(OS(=O)(=O)c3ccc(Cl)cc3)cc2)cc1OC. The number of hydrazone groups is 1. The quantitative estimate of drug-likeness (QED) is 0.245. The normalized spacial score (nSPS) is 11.3. The summed E-state index contributed by atoms with van der Waals surface area (Å²) in [7, 11) is -2.48. The van der Waals surface area contributed by atoms with E-state index >= 15 is 0 Å². The molecule has 0 spiro atoms. The number of ether oxygens (including phenoxy) is 2. The molecule has 3 aromatic carbocycles. The van der Waals surface area contributed by atoms with E-state index in [1.54, 1.807) is 30.3 Å². The Morgan fingerprint density at radius 3 is 2.38 bits per heavy atom. The van der Waals surface area contributed by atoms with Gasteiger partial charge in [0.15, 0.2) is 11.5 Å². The predicted octanol–water partition coefficient (Wildman–Crippen LogP) is 4.67. The van der Waals surface area contributed by atoms with Crippen LogP contribution in [0, 0.1) is 0 Å². The average molecular weight is 503 g/mol. The van der Waals surface area contributed by atoms with Gasteiger partial charge < -0.3 is 13.7 Å². The molecule has 0 saturated heterocycles. The highest BCUT2D eigenvalue weighted by molar-refractivity contribution is 7.87. The van der Waals surface area contributed by atoms with Gasteiger partial charge in [0.2, 0.25) is 0 Å². The van der Waals surface area contributed by atoms with Crippen LogP contribution >= 0.6 is 11.6 Å². The number of halogens is 1. The monoisotopic (exact) mass is 502 g/mol. The molecule has 3 rings (SSSR count). The van der Waals surface area contributed by atoms with E-state index in [9.17, 15) is 13.2 Å². The molecular formula is C24H23ClN2O6S. The molecule has 0 radical (unpaired) electrons. The third-order valence-corrected chi connectivity index (χ3v) is 5.97. The molecule has 0 atom stereocenters. The molecule has 0 fully saturated rings. The van der Waals surface area contributed by atoms with Gasteiger partial charge in [-0.3, -0.25) is 4.79 Å². The summed E-state index contributed by atoms with van der Waals surface area (Å²) in [6.45, 7) is 2.54. The molecule has 3 aromatic rings. The summed E-state index contributed by atoms with van der Waals surface area (Å²) < 4.78 is 40.7. The lowest BCUT2D eigenvalue weighted by Gasteiger charge is -2.11. The minimum atomic E-state index is -3.98. The van der Waals surface area contributed by atoms with Gasteiger partial charge in [-0.2, -0.15) is 13.5 Å². The molecule has 1 N–H and O–H groups in total. The average Bonchev–Trinajstić information content (AvgIpc) is 2.83. The Morgan fingerprint density at radius 2 is 1.74 bits per heavy atom. The van der Waals surface area contributed by atoms with E-state index in [2.05, 4.69) is 10.5 Å². The number of methoxy groups -OCH3 is 1. The van der Waals surface area contributed by atoms with Gasteiger partial charge in [0.05, 0.1) is 19.9 Å². The number of hydrogen-bond acceptors (Lipinski definition) is 7. The molecular weight excluding hydrogens is 480 g/mol. The predicted molar refractivity (Wildman–Crippen MR) is 130 cm³/mol. The summed E-state index contributed by atoms with van der Waals surface area (Å²) >= 11 is 5.79. The molecule has 0 heterocycles. The zero-order valence-electron chi connectivity index (χ0n) is 18.5. The van der Waals surface area contributed by atoms with Crippen LogP contribution in [0.15, 0.2) is 76.7 Å². The molecule has 1 amide bonds. The summed E-state index contributed by atoms with van der Waals surface area (Å²) in [4.78, 5) is 12.4. The molecule has 0 bridgehead atoms. The largest absolute Gasteiger partial charge is 0.493 e. The third kappa shape index (κ3) is 6.72. The fourth-order valence-corrected chi connectivity index (χ4v) is 3.81. The zero-order chi connectivity index (χ0) is 24.6. The number of rotatable bonds is 10. The van der Waals surface area contributed by atoms with Crippen molar-refractivity contribution < 1.29 is 26.9 Å². The topological polar surface area (TPSA) is 103 Å². The van der Waals surface area contributed by atoms with Crippen LogP contribution in [0.3, 0.4) is 0 Å². The molecule has 34 heavy (non-hydrogen) atoms.